The lowest BCUT2D eigenvalue weighted by molar-refractivity contribution is -0.137. The van der Waals surface area contributed by atoms with Crippen LogP contribution < -0.4 is 5.73 Å². The molecule has 1 aromatic rings. The highest BCUT2D eigenvalue weighted by Gasteiger charge is 2.30. The second-order valence-corrected chi connectivity index (χ2v) is 5.55. The van der Waals surface area contributed by atoms with Crippen molar-refractivity contribution < 1.29 is 18.0 Å². The van der Waals surface area contributed by atoms with Gasteiger partial charge < -0.3 is 15.5 Å². The number of benzene rings is 1. The summed E-state index contributed by atoms with van der Waals surface area (Å²) in [5.74, 6) is -0.221. The largest absolute Gasteiger partial charge is 0.416 e. The lowest BCUT2D eigenvalue weighted by Crippen LogP contribution is -2.44. The minimum atomic E-state index is -4.36. The predicted octanol–water partition coefficient (Wildman–Crippen LogP) is 2.36. The highest BCUT2D eigenvalue weighted by atomic mass is 35.5. The molecular weight excluding hydrogens is 331 g/mol. The van der Waals surface area contributed by atoms with Crippen LogP contribution in [0, 0.1) is 0 Å². The molecule has 0 saturated heterocycles. The third-order valence-corrected chi connectivity index (χ3v) is 3.17. The lowest BCUT2D eigenvalue weighted by Gasteiger charge is -2.26. The van der Waals surface area contributed by atoms with Gasteiger partial charge in [-0.3, -0.25) is 4.79 Å². The third-order valence-electron chi connectivity index (χ3n) is 3.17. The summed E-state index contributed by atoms with van der Waals surface area (Å²) in [6, 6.07) is 4.18. The van der Waals surface area contributed by atoms with Crippen LogP contribution in [0.2, 0.25) is 0 Å². The molecule has 0 fully saturated rings. The Labute approximate surface area is 140 Å². The molecule has 0 spiro atoms. The first kappa shape index (κ1) is 21.7. The number of hydrogen-bond acceptors (Lipinski definition) is 3. The van der Waals surface area contributed by atoms with E-state index in [0.29, 0.717) is 18.7 Å². The molecule has 23 heavy (non-hydrogen) atoms. The molecule has 1 amide bonds. The zero-order valence-electron chi connectivity index (χ0n) is 13.4. The Morgan fingerprint density at radius 3 is 2.09 bits per heavy atom. The number of likely N-dealkylation sites (N-methyl/N-ethyl adjacent to an activating group) is 1. The summed E-state index contributed by atoms with van der Waals surface area (Å²) in [5.41, 5.74) is 5.56. The molecule has 132 valence electrons. The minimum Gasteiger partial charge on any atom is -0.336 e. The van der Waals surface area contributed by atoms with Crippen LogP contribution in [0.4, 0.5) is 13.2 Å². The highest BCUT2D eigenvalue weighted by Crippen LogP contribution is 2.29. The number of carbonyl (C=O) groups is 1. The van der Waals surface area contributed by atoms with Crippen LogP contribution >= 0.6 is 12.4 Å². The van der Waals surface area contributed by atoms with Gasteiger partial charge in [0.1, 0.15) is 0 Å². The van der Waals surface area contributed by atoms with Gasteiger partial charge in [-0.05, 0) is 38.7 Å². The molecule has 0 saturated carbocycles. The number of rotatable bonds is 6. The van der Waals surface area contributed by atoms with Gasteiger partial charge in [-0.25, -0.2) is 0 Å². The quantitative estimate of drug-likeness (QED) is 0.854. The van der Waals surface area contributed by atoms with Crippen molar-refractivity contribution in [1.82, 2.24) is 9.80 Å². The maximum atomic E-state index is 12.5. The SMILES string of the molecule is C[C@@H](N)C(=O)N(CCN(C)C)Cc1ccc(C(F)(F)F)cc1.Cl. The molecule has 4 nitrogen and oxygen atoms in total. The molecule has 1 rings (SSSR count). The monoisotopic (exact) mass is 353 g/mol. The minimum absolute atomic E-state index is 0. The molecule has 2 N–H and O–H groups in total. The van der Waals surface area contributed by atoms with Gasteiger partial charge >= 0.3 is 6.18 Å². The molecule has 0 unspecified atom stereocenters. The zero-order valence-corrected chi connectivity index (χ0v) is 14.2. The average Bonchev–Trinajstić information content (AvgIpc) is 2.41. The average molecular weight is 354 g/mol. The molecular formula is C15H23ClF3N3O. The molecule has 0 radical (unpaired) electrons. The second kappa shape index (κ2) is 9.10. The fourth-order valence-electron chi connectivity index (χ4n) is 1.90. The molecule has 0 bridgehead atoms. The summed E-state index contributed by atoms with van der Waals surface area (Å²) >= 11 is 0. The molecule has 1 aromatic carbocycles. The molecule has 0 heterocycles. The van der Waals surface area contributed by atoms with E-state index in [2.05, 4.69) is 0 Å². The van der Waals surface area contributed by atoms with E-state index in [1.807, 2.05) is 19.0 Å². The number of carbonyl (C=O) groups excluding carboxylic acids is 1. The summed E-state index contributed by atoms with van der Waals surface area (Å²) < 4.78 is 37.6. The topological polar surface area (TPSA) is 49.6 Å². The van der Waals surface area contributed by atoms with E-state index >= 15 is 0 Å². The van der Waals surface area contributed by atoms with E-state index in [9.17, 15) is 18.0 Å². The van der Waals surface area contributed by atoms with Crippen molar-refractivity contribution in [2.75, 3.05) is 27.2 Å². The van der Waals surface area contributed by atoms with Gasteiger partial charge in [-0.15, -0.1) is 12.4 Å². The standard InChI is InChI=1S/C15H22F3N3O.ClH/c1-11(19)14(22)21(9-8-20(2)3)10-12-4-6-13(7-5-12)15(16,17)18;/h4-7,11H,8-10,19H2,1-3H3;1H/t11-;/m1./s1. The van der Waals surface area contributed by atoms with Gasteiger partial charge in [0.2, 0.25) is 5.91 Å². The van der Waals surface area contributed by atoms with Gasteiger partial charge in [0.05, 0.1) is 11.6 Å². The Bertz CT molecular complexity index is 490. The van der Waals surface area contributed by atoms with Crippen molar-refractivity contribution in [3.8, 4) is 0 Å². The number of nitrogens with zero attached hydrogens (tertiary/aromatic N) is 2. The Morgan fingerprint density at radius 1 is 1.17 bits per heavy atom. The summed E-state index contributed by atoms with van der Waals surface area (Å²) in [5, 5.41) is 0. The van der Waals surface area contributed by atoms with E-state index in [4.69, 9.17) is 5.73 Å². The fourth-order valence-corrected chi connectivity index (χ4v) is 1.90. The van der Waals surface area contributed by atoms with Crippen LogP contribution in [-0.2, 0) is 17.5 Å². The van der Waals surface area contributed by atoms with Crippen molar-refractivity contribution in [2.45, 2.75) is 25.7 Å². The first-order valence-electron chi connectivity index (χ1n) is 6.96. The normalized spacial score (nSPS) is 12.7. The maximum absolute atomic E-state index is 12.5. The van der Waals surface area contributed by atoms with Crippen LogP contribution in [0.25, 0.3) is 0 Å². The molecule has 0 aliphatic rings. The smallest absolute Gasteiger partial charge is 0.336 e. The van der Waals surface area contributed by atoms with Crippen LogP contribution in [0.5, 0.6) is 0 Å². The molecule has 0 aromatic heterocycles. The van der Waals surface area contributed by atoms with Crippen LogP contribution in [0.15, 0.2) is 24.3 Å². The number of nitrogens with two attached hydrogens (primary N) is 1. The van der Waals surface area contributed by atoms with Crippen LogP contribution in [0.1, 0.15) is 18.1 Å². The van der Waals surface area contributed by atoms with Crippen molar-refractivity contribution in [3.63, 3.8) is 0 Å². The van der Waals surface area contributed by atoms with E-state index in [0.717, 1.165) is 12.1 Å². The van der Waals surface area contributed by atoms with Crippen molar-refractivity contribution in [3.05, 3.63) is 35.4 Å². The summed E-state index contributed by atoms with van der Waals surface area (Å²) in [4.78, 5) is 15.6. The van der Waals surface area contributed by atoms with E-state index in [-0.39, 0.29) is 24.9 Å². The molecule has 0 aliphatic carbocycles. The summed E-state index contributed by atoms with van der Waals surface area (Å²) in [6.07, 6.45) is -4.36. The Hall–Kier alpha value is -1.31. The Morgan fingerprint density at radius 2 is 1.70 bits per heavy atom. The predicted molar refractivity (Wildman–Crippen MR) is 86.3 cm³/mol. The molecule has 1 atom stereocenters. The van der Waals surface area contributed by atoms with Gasteiger partial charge in [0.15, 0.2) is 0 Å². The summed E-state index contributed by atoms with van der Waals surface area (Å²) in [6.45, 7) is 2.96. The van der Waals surface area contributed by atoms with E-state index in [1.165, 1.54) is 12.1 Å². The van der Waals surface area contributed by atoms with Crippen molar-refractivity contribution in [1.29, 1.82) is 0 Å². The highest BCUT2D eigenvalue weighted by molar-refractivity contribution is 5.85. The fraction of sp³-hybridized carbons (Fsp3) is 0.533. The maximum Gasteiger partial charge on any atom is 0.416 e. The van der Waals surface area contributed by atoms with Crippen molar-refractivity contribution >= 4 is 18.3 Å². The van der Waals surface area contributed by atoms with Gasteiger partial charge in [0.25, 0.3) is 0 Å². The van der Waals surface area contributed by atoms with Gasteiger partial charge in [-0.2, -0.15) is 13.2 Å². The van der Waals surface area contributed by atoms with Gasteiger partial charge in [0, 0.05) is 19.6 Å². The van der Waals surface area contributed by atoms with E-state index < -0.39 is 17.8 Å². The molecule has 0 aliphatic heterocycles. The second-order valence-electron chi connectivity index (χ2n) is 5.55. The van der Waals surface area contributed by atoms with E-state index in [1.54, 1.807) is 11.8 Å². The number of hydrogen-bond donors (Lipinski definition) is 1. The van der Waals surface area contributed by atoms with Crippen molar-refractivity contribution in [2.24, 2.45) is 5.73 Å². The number of amides is 1. The van der Waals surface area contributed by atoms with Crippen LogP contribution in [-0.4, -0.2) is 48.9 Å². The zero-order chi connectivity index (χ0) is 16.9. The third kappa shape index (κ3) is 7.20. The van der Waals surface area contributed by atoms with Gasteiger partial charge in [-0.1, -0.05) is 12.1 Å². The first-order chi connectivity index (χ1) is 10.1. The number of alkyl halides is 3. The first-order valence-corrected chi connectivity index (χ1v) is 6.96. The Balaban J connectivity index is 0.00000484. The summed E-state index contributed by atoms with van der Waals surface area (Å²) in [7, 11) is 3.76. The van der Waals surface area contributed by atoms with Crippen LogP contribution in [0.3, 0.4) is 0 Å². The molecule has 8 heteroatoms. The lowest BCUT2D eigenvalue weighted by atomic mass is 10.1. The Kier molecular flexibility index (Phi) is 8.58. The number of halogens is 4.